The van der Waals surface area contributed by atoms with Crippen LogP contribution in [0, 0.1) is 26.2 Å². The van der Waals surface area contributed by atoms with Gasteiger partial charge in [-0.25, -0.2) is 0 Å². The Kier molecular flexibility index (Phi) is 6.54. The van der Waals surface area contributed by atoms with Gasteiger partial charge in [0.1, 0.15) is 0 Å². The molecule has 0 aliphatic carbocycles. The van der Waals surface area contributed by atoms with Crippen LogP contribution in [0.3, 0.4) is 0 Å². The van der Waals surface area contributed by atoms with Crippen LogP contribution in [-0.2, 0) is 6.42 Å². The molecule has 18 heavy (non-hydrogen) atoms. The van der Waals surface area contributed by atoms with Crippen LogP contribution in [-0.4, -0.2) is 12.6 Å². The van der Waals surface area contributed by atoms with Crippen molar-refractivity contribution in [3.63, 3.8) is 0 Å². The van der Waals surface area contributed by atoms with Crippen LogP contribution in [0.1, 0.15) is 42.9 Å². The normalized spacial score (nSPS) is 12.1. The zero-order valence-corrected chi connectivity index (χ0v) is 11.9. The van der Waals surface area contributed by atoms with Gasteiger partial charge >= 0.3 is 0 Å². The second-order valence-corrected chi connectivity index (χ2v) is 5.02. The third-order valence-corrected chi connectivity index (χ3v) is 3.37. The fraction of sp³-hybridized carbons (Fsp3) is 0.529. The van der Waals surface area contributed by atoms with Crippen molar-refractivity contribution in [2.24, 2.45) is 0 Å². The Bertz CT molecular complexity index is 401. The highest BCUT2D eigenvalue weighted by Gasteiger charge is 2.08. The predicted molar refractivity (Wildman–Crippen MR) is 79.8 cm³/mol. The molecule has 1 aromatic rings. The van der Waals surface area contributed by atoms with E-state index in [1.165, 1.54) is 23.1 Å². The number of benzene rings is 1. The Balaban J connectivity index is 2.63. The van der Waals surface area contributed by atoms with E-state index in [-0.39, 0.29) is 0 Å². The lowest BCUT2D eigenvalue weighted by Gasteiger charge is -2.18. The molecule has 1 heteroatoms. The second kappa shape index (κ2) is 7.95. The smallest absolute Gasteiger partial charge is 0.0116 e. The molecule has 0 saturated heterocycles. The Labute approximate surface area is 112 Å². The van der Waals surface area contributed by atoms with Gasteiger partial charge in [-0.1, -0.05) is 25.1 Å². The summed E-state index contributed by atoms with van der Waals surface area (Å²) in [6, 6.07) is 7.25. The van der Waals surface area contributed by atoms with Gasteiger partial charge in [0.25, 0.3) is 0 Å². The number of nitrogens with one attached hydrogen (secondary N) is 1. The lowest BCUT2D eigenvalue weighted by atomic mass is 9.98. The lowest BCUT2D eigenvalue weighted by Crippen LogP contribution is -2.31. The van der Waals surface area contributed by atoms with Gasteiger partial charge in [-0.05, 0) is 56.3 Å². The summed E-state index contributed by atoms with van der Waals surface area (Å²) in [5, 5.41) is 3.59. The van der Waals surface area contributed by atoms with Crippen molar-refractivity contribution in [1.82, 2.24) is 5.32 Å². The van der Waals surface area contributed by atoms with Crippen molar-refractivity contribution in [3.8, 4) is 12.3 Å². The van der Waals surface area contributed by atoms with E-state index in [4.69, 9.17) is 6.42 Å². The summed E-state index contributed by atoms with van der Waals surface area (Å²) < 4.78 is 0. The van der Waals surface area contributed by atoms with Crippen molar-refractivity contribution >= 4 is 0 Å². The van der Waals surface area contributed by atoms with Crippen LogP contribution in [0.15, 0.2) is 18.2 Å². The molecule has 0 spiro atoms. The highest BCUT2D eigenvalue weighted by Crippen LogP contribution is 2.13. The first-order valence-electron chi connectivity index (χ1n) is 6.90. The van der Waals surface area contributed by atoms with Crippen LogP contribution in [0.2, 0.25) is 0 Å². The molecular formula is C17H25N. The molecule has 0 fully saturated rings. The number of rotatable bonds is 7. The zero-order valence-electron chi connectivity index (χ0n) is 11.9. The summed E-state index contributed by atoms with van der Waals surface area (Å²) in [5.74, 6) is 2.74. The zero-order chi connectivity index (χ0) is 13.4. The molecule has 1 nitrogen and oxygen atoms in total. The molecule has 0 saturated carbocycles. The molecule has 98 valence electrons. The number of hydrogen-bond donors (Lipinski definition) is 1. The number of hydrogen-bond acceptors (Lipinski definition) is 1. The van der Waals surface area contributed by atoms with Gasteiger partial charge in [0.2, 0.25) is 0 Å². The Morgan fingerprint density at radius 2 is 2.06 bits per heavy atom. The van der Waals surface area contributed by atoms with Gasteiger partial charge in [0.15, 0.2) is 0 Å². The lowest BCUT2D eigenvalue weighted by molar-refractivity contribution is 0.483. The second-order valence-electron chi connectivity index (χ2n) is 5.02. The van der Waals surface area contributed by atoms with Crippen LogP contribution < -0.4 is 5.32 Å². The van der Waals surface area contributed by atoms with E-state index in [1.807, 2.05) is 0 Å². The van der Waals surface area contributed by atoms with Gasteiger partial charge in [-0.3, -0.25) is 0 Å². The van der Waals surface area contributed by atoms with Crippen molar-refractivity contribution in [2.45, 2.75) is 52.5 Å². The summed E-state index contributed by atoms with van der Waals surface area (Å²) in [7, 11) is 0. The minimum atomic E-state index is 0.503. The molecule has 0 aromatic heterocycles. The van der Waals surface area contributed by atoms with Gasteiger partial charge < -0.3 is 5.32 Å². The van der Waals surface area contributed by atoms with Crippen molar-refractivity contribution in [1.29, 1.82) is 0 Å². The molecule has 0 aliphatic rings. The summed E-state index contributed by atoms with van der Waals surface area (Å²) in [6.45, 7) is 7.60. The largest absolute Gasteiger partial charge is 0.314 e. The quantitative estimate of drug-likeness (QED) is 0.721. The molecule has 0 heterocycles. The fourth-order valence-electron chi connectivity index (χ4n) is 2.10. The van der Waals surface area contributed by atoms with Gasteiger partial charge in [0, 0.05) is 12.5 Å². The van der Waals surface area contributed by atoms with E-state index < -0.39 is 0 Å². The van der Waals surface area contributed by atoms with Crippen molar-refractivity contribution in [2.75, 3.05) is 6.54 Å². The van der Waals surface area contributed by atoms with Crippen LogP contribution >= 0.6 is 0 Å². The van der Waals surface area contributed by atoms with E-state index in [2.05, 4.69) is 50.2 Å². The van der Waals surface area contributed by atoms with E-state index in [0.29, 0.717) is 6.04 Å². The average Bonchev–Trinajstić information content (AvgIpc) is 2.37. The first-order valence-corrected chi connectivity index (χ1v) is 6.90. The van der Waals surface area contributed by atoms with Gasteiger partial charge in [0.05, 0.1) is 0 Å². The topological polar surface area (TPSA) is 12.0 Å². The Hall–Kier alpha value is -1.26. The molecular weight excluding hydrogens is 218 g/mol. The maximum Gasteiger partial charge on any atom is 0.0116 e. The third-order valence-electron chi connectivity index (χ3n) is 3.37. The monoisotopic (exact) mass is 243 g/mol. The molecule has 1 unspecified atom stereocenters. The Morgan fingerprint density at radius 1 is 1.28 bits per heavy atom. The number of terminal acetylenes is 1. The highest BCUT2D eigenvalue weighted by molar-refractivity contribution is 5.30. The molecule has 0 amide bonds. The van der Waals surface area contributed by atoms with E-state index in [1.54, 1.807) is 0 Å². The van der Waals surface area contributed by atoms with E-state index in [0.717, 1.165) is 25.8 Å². The first-order chi connectivity index (χ1) is 8.67. The molecule has 0 radical (unpaired) electrons. The molecule has 1 rings (SSSR count). The fourth-order valence-corrected chi connectivity index (χ4v) is 2.10. The molecule has 0 bridgehead atoms. The van der Waals surface area contributed by atoms with E-state index in [9.17, 15) is 0 Å². The maximum atomic E-state index is 5.37. The van der Waals surface area contributed by atoms with Gasteiger partial charge in [-0.15, -0.1) is 12.3 Å². The first kappa shape index (κ1) is 14.8. The van der Waals surface area contributed by atoms with Crippen LogP contribution in [0.25, 0.3) is 0 Å². The van der Waals surface area contributed by atoms with E-state index >= 15 is 0 Å². The summed E-state index contributed by atoms with van der Waals surface area (Å²) in [5.41, 5.74) is 4.14. The summed E-state index contributed by atoms with van der Waals surface area (Å²) in [6.07, 6.45) is 9.52. The SMILES string of the molecule is C#CCCC(Cc1ccc(C)c(C)c1)NCCC. The molecule has 0 aliphatic heterocycles. The van der Waals surface area contributed by atoms with Crippen molar-refractivity contribution < 1.29 is 0 Å². The highest BCUT2D eigenvalue weighted by atomic mass is 14.9. The Morgan fingerprint density at radius 3 is 2.67 bits per heavy atom. The standard InChI is InChI=1S/C17H25N/c1-5-7-8-17(18-11-6-2)13-16-10-9-14(3)15(4)12-16/h1,9-10,12,17-18H,6-8,11,13H2,2-4H3. The molecule has 1 aromatic carbocycles. The summed E-state index contributed by atoms with van der Waals surface area (Å²) >= 11 is 0. The molecule has 1 N–H and O–H groups in total. The predicted octanol–water partition coefficient (Wildman–Crippen LogP) is 3.63. The minimum Gasteiger partial charge on any atom is -0.314 e. The minimum absolute atomic E-state index is 0.503. The van der Waals surface area contributed by atoms with Crippen LogP contribution in [0.4, 0.5) is 0 Å². The number of aryl methyl sites for hydroxylation is 2. The van der Waals surface area contributed by atoms with Gasteiger partial charge in [-0.2, -0.15) is 0 Å². The van der Waals surface area contributed by atoms with Crippen LogP contribution in [0.5, 0.6) is 0 Å². The molecule has 1 atom stereocenters. The maximum absolute atomic E-state index is 5.37. The van der Waals surface area contributed by atoms with Crippen molar-refractivity contribution in [3.05, 3.63) is 34.9 Å². The third kappa shape index (κ3) is 4.94. The average molecular weight is 243 g/mol. The summed E-state index contributed by atoms with van der Waals surface area (Å²) in [4.78, 5) is 0.